The van der Waals surface area contributed by atoms with Gasteiger partial charge in [0.2, 0.25) is 0 Å². The molecule has 0 aromatic carbocycles. The summed E-state index contributed by atoms with van der Waals surface area (Å²) in [4.78, 5) is 0. The van der Waals surface area contributed by atoms with Crippen LogP contribution in [0.2, 0.25) is 0 Å². The van der Waals surface area contributed by atoms with Gasteiger partial charge in [-0.2, -0.15) is 0 Å². The molecular formula is C17H33NO2. The first-order valence-electron chi connectivity index (χ1n) is 8.67. The lowest BCUT2D eigenvalue weighted by Crippen LogP contribution is -2.59. The molecule has 1 N–H and O–H groups in total. The second-order valence-corrected chi connectivity index (χ2v) is 6.68. The van der Waals surface area contributed by atoms with E-state index >= 15 is 0 Å². The zero-order valence-corrected chi connectivity index (χ0v) is 13.6. The SMILES string of the molecule is CCNC(C1CCCC(C)C1)C1(OCC)CCOCC1. The summed E-state index contributed by atoms with van der Waals surface area (Å²) >= 11 is 0. The maximum atomic E-state index is 6.33. The van der Waals surface area contributed by atoms with Crippen LogP contribution in [0.15, 0.2) is 0 Å². The average molecular weight is 283 g/mol. The first kappa shape index (κ1) is 16.3. The molecule has 0 bridgehead atoms. The van der Waals surface area contributed by atoms with E-state index in [-0.39, 0.29) is 5.60 Å². The summed E-state index contributed by atoms with van der Waals surface area (Å²) in [6.45, 7) is 10.3. The summed E-state index contributed by atoms with van der Waals surface area (Å²) in [7, 11) is 0. The quantitative estimate of drug-likeness (QED) is 0.810. The highest BCUT2D eigenvalue weighted by Crippen LogP contribution is 2.39. The van der Waals surface area contributed by atoms with E-state index < -0.39 is 0 Å². The topological polar surface area (TPSA) is 30.5 Å². The summed E-state index contributed by atoms with van der Waals surface area (Å²) in [6, 6.07) is 0.499. The highest BCUT2D eigenvalue weighted by Gasteiger charge is 2.45. The number of ether oxygens (including phenoxy) is 2. The van der Waals surface area contributed by atoms with Crippen LogP contribution in [-0.2, 0) is 9.47 Å². The van der Waals surface area contributed by atoms with E-state index in [4.69, 9.17) is 9.47 Å². The second kappa shape index (κ2) is 7.77. The molecule has 1 saturated heterocycles. The van der Waals surface area contributed by atoms with Gasteiger partial charge in [0, 0.05) is 38.7 Å². The van der Waals surface area contributed by atoms with Crippen molar-refractivity contribution >= 4 is 0 Å². The molecule has 3 unspecified atom stereocenters. The predicted molar refractivity (Wildman–Crippen MR) is 83.0 cm³/mol. The van der Waals surface area contributed by atoms with Crippen molar-refractivity contribution in [2.75, 3.05) is 26.4 Å². The molecule has 118 valence electrons. The van der Waals surface area contributed by atoms with Gasteiger partial charge in [-0.1, -0.05) is 26.7 Å². The van der Waals surface area contributed by atoms with Crippen LogP contribution in [0.1, 0.15) is 59.3 Å². The highest BCUT2D eigenvalue weighted by atomic mass is 16.5. The van der Waals surface area contributed by atoms with Gasteiger partial charge in [0.25, 0.3) is 0 Å². The van der Waals surface area contributed by atoms with Crippen molar-refractivity contribution < 1.29 is 9.47 Å². The summed E-state index contributed by atoms with van der Waals surface area (Å²) in [5, 5.41) is 3.79. The standard InChI is InChI=1S/C17H33NO2/c1-4-18-16(15-8-6-7-14(3)13-15)17(20-5-2)9-11-19-12-10-17/h14-16,18H,4-13H2,1-3H3. The van der Waals surface area contributed by atoms with E-state index in [2.05, 4.69) is 26.1 Å². The number of hydrogen-bond acceptors (Lipinski definition) is 3. The summed E-state index contributed by atoms with van der Waals surface area (Å²) < 4.78 is 11.9. The Morgan fingerprint density at radius 2 is 2.00 bits per heavy atom. The van der Waals surface area contributed by atoms with Crippen LogP contribution in [0.25, 0.3) is 0 Å². The van der Waals surface area contributed by atoms with Gasteiger partial charge in [0.15, 0.2) is 0 Å². The molecule has 3 heteroatoms. The number of hydrogen-bond donors (Lipinski definition) is 1. The summed E-state index contributed by atoms with van der Waals surface area (Å²) in [6.07, 6.45) is 7.59. The number of likely N-dealkylation sites (N-methyl/N-ethyl adjacent to an activating group) is 1. The second-order valence-electron chi connectivity index (χ2n) is 6.68. The van der Waals surface area contributed by atoms with Gasteiger partial charge in [-0.15, -0.1) is 0 Å². The Labute approximate surface area is 124 Å². The van der Waals surface area contributed by atoms with Gasteiger partial charge < -0.3 is 14.8 Å². The molecule has 0 aromatic rings. The minimum Gasteiger partial charge on any atom is -0.381 e. The maximum Gasteiger partial charge on any atom is 0.0881 e. The maximum absolute atomic E-state index is 6.33. The van der Waals surface area contributed by atoms with Gasteiger partial charge in [-0.3, -0.25) is 0 Å². The fourth-order valence-electron chi connectivity index (χ4n) is 4.34. The lowest BCUT2D eigenvalue weighted by Gasteiger charge is -2.48. The molecule has 1 heterocycles. The Morgan fingerprint density at radius 3 is 2.60 bits per heavy atom. The summed E-state index contributed by atoms with van der Waals surface area (Å²) in [5.74, 6) is 1.64. The molecular weight excluding hydrogens is 250 g/mol. The van der Waals surface area contributed by atoms with E-state index in [0.29, 0.717) is 6.04 Å². The molecule has 0 radical (unpaired) electrons. The average Bonchev–Trinajstić information content (AvgIpc) is 2.46. The van der Waals surface area contributed by atoms with Crippen LogP contribution >= 0.6 is 0 Å². The first-order valence-corrected chi connectivity index (χ1v) is 8.67. The molecule has 0 aromatic heterocycles. The molecule has 3 nitrogen and oxygen atoms in total. The fourth-order valence-corrected chi connectivity index (χ4v) is 4.34. The van der Waals surface area contributed by atoms with Crippen LogP contribution in [0.4, 0.5) is 0 Å². The van der Waals surface area contributed by atoms with Crippen molar-refractivity contribution in [3.63, 3.8) is 0 Å². The normalized spacial score (nSPS) is 31.9. The van der Waals surface area contributed by atoms with E-state index in [1.165, 1.54) is 25.7 Å². The minimum absolute atomic E-state index is 0.00470. The third-order valence-corrected chi connectivity index (χ3v) is 5.21. The van der Waals surface area contributed by atoms with Crippen LogP contribution in [0, 0.1) is 11.8 Å². The van der Waals surface area contributed by atoms with Crippen molar-refractivity contribution in [2.45, 2.75) is 70.9 Å². The zero-order chi connectivity index (χ0) is 14.4. The van der Waals surface area contributed by atoms with E-state index in [9.17, 15) is 0 Å². The lowest BCUT2D eigenvalue weighted by molar-refractivity contribution is -0.139. The van der Waals surface area contributed by atoms with Gasteiger partial charge in [-0.05, 0) is 38.1 Å². The molecule has 1 saturated carbocycles. The van der Waals surface area contributed by atoms with Crippen molar-refractivity contribution in [3.05, 3.63) is 0 Å². The lowest BCUT2D eigenvalue weighted by atomic mass is 9.71. The van der Waals surface area contributed by atoms with Gasteiger partial charge in [0.05, 0.1) is 5.60 Å². The Kier molecular flexibility index (Phi) is 6.31. The monoisotopic (exact) mass is 283 g/mol. The summed E-state index contributed by atoms with van der Waals surface area (Å²) in [5.41, 5.74) is 0.00470. The molecule has 2 aliphatic rings. The molecule has 2 rings (SSSR count). The van der Waals surface area contributed by atoms with Crippen LogP contribution in [0.5, 0.6) is 0 Å². The van der Waals surface area contributed by atoms with Gasteiger partial charge in [-0.25, -0.2) is 0 Å². The van der Waals surface area contributed by atoms with E-state index in [1.54, 1.807) is 0 Å². The minimum atomic E-state index is 0.00470. The number of nitrogens with one attached hydrogen (secondary N) is 1. The predicted octanol–water partition coefficient (Wildman–Crippen LogP) is 3.38. The van der Waals surface area contributed by atoms with Gasteiger partial charge >= 0.3 is 0 Å². The van der Waals surface area contributed by atoms with Crippen molar-refractivity contribution in [3.8, 4) is 0 Å². The zero-order valence-electron chi connectivity index (χ0n) is 13.6. The molecule has 0 amide bonds. The largest absolute Gasteiger partial charge is 0.381 e. The Balaban J connectivity index is 2.14. The fraction of sp³-hybridized carbons (Fsp3) is 1.00. The molecule has 0 spiro atoms. The molecule has 1 aliphatic heterocycles. The van der Waals surface area contributed by atoms with E-state index in [1.807, 2.05) is 0 Å². The Morgan fingerprint density at radius 1 is 1.25 bits per heavy atom. The molecule has 1 aliphatic carbocycles. The van der Waals surface area contributed by atoms with Crippen LogP contribution in [-0.4, -0.2) is 38.0 Å². The molecule has 20 heavy (non-hydrogen) atoms. The van der Waals surface area contributed by atoms with Gasteiger partial charge in [0.1, 0.15) is 0 Å². The van der Waals surface area contributed by atoms with E-state index in [0.717, 1.165) is 51.0 Å². The third-order valence-electron chi connectivity index (χ3n) is 5.21. The van der Waals surface area contributed by atoms with Crippen molar-refractivity contribution in [1.82, 2.24) is 5.32 Å². The van der Waals surface area contributed by atoms with Crippen LogP contribution < -0.4 is 5.32 Å². The highest BCUT2D eigenvalue weighted by molar-refractivity contribution is 4.99. The van der Waals surface area contributed by atoms with Crippen molar-refractivity contribution in [2.24, 2.45) is 11.8 Å². The van der Waals surface area contributed by atoms with Crippen LogP contribution in [0.3, 0.4) is 0 Å². The first-order chi connectivity index (χ1) is 9.72. The molecule has 2 fully saturated rings. The van der Waals surface area contributed by atoms with Crippen molar-refractivity contribution in [1.29, 1.82) is 0 Å². The smallest absolute Gasteiger partial charge is 0.0881 e. The Bertz CT molecular complexity index is 271. The number of rotatable bonds is 6. The Hall–Kier alpha value is -0.120. The molecule has 3 atom stereocenters. The third kappa shape index (κ3) is 3.75.